The van der Waals surface area contributed by atoms with E-state index in [9.17, 15) is 4.79 Å². The number of rotatable bonds is 6. The van der Waals surface area contributed by atoms with E-state index in [1.807, 2.05) is 31.2 Å². The lowest BCUT2D eigenvalue weighted by Crippen LogP contribution is -2.24. The van der Waals surface area contributed by atoms with Gasteiger partial charge in [-0.3, -0.25) is 4.79 Å². The SMILES string of the molecule is CCCCCNC(=O)c1cn(-c2ccc(C)cc2)nn1. The molecule has 0 unspecified atom stereocenters. The van der Waals surface area contributed by atoms with E-state index in [1.165, 1.54) is 5.56 Å². The molecule has 5 nitrogen and oxygen atoms in total. The molecule has 1 aromatic carbocycles. The molecular formula is C15H20N4O. The number of hydrogen-bond donors (Lipinski definition) is 1. The van der Waals surface area contributed by atoms with Gasteiger partial charge in [-0.1, -0.05) is 42.7 Å². The van der Waals surface area contributed by atoms with Crippen LogP contribution < -0.4 is 5.32 Å². The number of carbonyl (C=O) groups is 1. The second-order valence-corrected chi connectivity index (χ2v) is 4.85. The van der Waals surface area contributed by atoms with Gasteiger partial charge in [-0.15, -0.1) is 5.10 Å². The molecule has 1 heterocycles. The van der Waals surface area contributed by atoms with Gasteiger partial charge in [0.1, 0.15) is 0 Å². The molecule has 0 radical (unpaired) electrons. The number of amides is 1. The first-order valence-corrected chi connectivity index (χ1v) is 6.98. The van der Waals surface area contributed by atoms with Crippen molar-refractivity contribution in [3.8, 4) is 5.69 Å². The molecule has 106 valence electrons. The van der Waals surface area contributed by atoms with Gasteiger partial charge in [0.25, 0.3) is 5.91 Å². The zero-order valence-corrected chi connectivity index (χ0v) is 12.0. The summed E-state index contributed by atoms with van der Waals surface area (Å²) in [6.07, 6.45) is 4.91. The minimum Gasteiger partial charge on any atom is -0.351 e. The minimum atomic E-state index is -0.167. The Morgan fingerprint density at radius 1 is 1.25 bits per heavy atom. The first kappa shape index (κ1) is 14.2. The van der Waals surface area contributed by atoms with E-state index in [0.717, 1.165) is 24.9 Å². The summed E-state index contributed by atoms with van der Waals surface area (Å²) in [4.78, 5) is 11.9. The van der Waals surface area contributed by atoms with Gasteiger partial charge in [-0.25, -0.2) is 4.68 Å². The zero-order valence-electron chi connectivity index (χ0n) is 12.0. The predicted molar refractivity (Wildman–Crippen MR) is 78.0 cm³/mol. The third kappa shape index (κ3) is 3.66. The van der Waals surface area contributed by atoms with Crippen molar-refractivity contribution in [2.75, 3.05) is 6.54 Å². The largest absolute Gasteiger partial charge is 0.351 e. The molecule has 5 heteroatoms. The fourth-order valence-electron chi connectivity index (χ4n) is 1.86. The lowest BCUT2D eigenvalue weighted by Gasteiger charge is -2.01. The molecule has 2 rings (SSSR count). The fraction of sp³-hybridized carbons (Fsp3) is 0.400. The van der Waals surface area contributed by atoms with E-state index in [1.54, 1.807) is 10.9 Å². The summed E-state index contributed by atoms with van der Waals surface area (Å²) in [5.41, 5.74) is 2.43. The molecule has 0 saturated heterocycles. The summed E-state index contributed by atoms with van der Waals surface area (Å²) in [5, 5.41) is 10.8. The topological polar surface area (TPSA) is 59.8 Å². The summed E-state index contributed by atoms with van der Waals surface area (Å²) in [5.74, 6) is -0.167. The summed E-state index contributed by atoms with van der Waals surface area (Å²) in [6.45, 7) is 4.85. The number of nitrogens with zero attached hydrogens (tertiary/aromatic N) is 3. The van der Waals surface area contributed by atoms with Crippen molar-refractivity contribution in [2.45, 2.75) is 33.1 Å². The minimum absolute atomic E-state index is 0.167. The Bertz CT molecular complexity index is 560. The number of hydrogen-bond acceptors (Lipinski definition) is 3. The third-order valence-corrected chi connectivity index (χ3v) is 3.09. The Balaban J connectivity index is 1.98. The van der Waals surface area contributed by atoms with Gasteiger partial charge in [0.2, 0.25) is 0 Å². The monoisotopic (exact) mass is 272 g/mol. The molecule has 0 saturated carbocycles. The van der Waals surface area contributed by atoms with Gasteiger partial charge >= 0.3 is 0 Å². The maximum Gasteiger partial charge on any atom is 0.273 e. The molecule has 1 amide bonds. The van der Waals surface area contributed by atoms with Gasteiger partial charge in [0.15, 0.2) is 5.69 Å². The molecule has 1 aromatic heterocycles. The molecule has 0 atom stereocenters. The fourth-order valence-corrected chi connectivity index (χ4v) is 1.86. The second-order valence-electron chi connectivity index (χ2n) is 4.85. The van der Waals surface area contributed by atoms with Gasteiger partial charge in [0.05, 0.1) is 11.9 Å². The predicted octanol–water partition coefficient (Wildman–Crippen LogP) is 2.50. The maximum absolute atomic E-state index is 11.9. The zero-order chi connectivity index (χ0) is 14.4. The molecule has 0 aliphatic rings. The molecule has 0 aliphatic heterocycles. The van der Waals surface area contributed by atoms with Crippen LogP contribution in [0.2, 0.25) is 0 Å². The Morgan fingerprint density at radius 2 is 2.00 bits per heavy atom. The van der Waals surface area contributed by atoms with Crippen LogP contribution >= 0.6 is 0 Å². The molecule has 2 aromatic rings. The van der Waals surface area contributed by atoms with Crippen molar-refractivity contribution in [3.05, 3.63) is 41.7 Å². The molecule has 0 fully saturated rings. The van der Waals surface area contributed by atoms with Crippen molar-refractivity contribution in [1.82, 2.24) is 20.3 Å². The molecule has 0 spiro atoms. The maximum atomic E-state index is 11.9. The second kappa shape index (κ2) is 6.84. The van der Waals surface area contributed by atoms with Crippen molar-refractivity contribution >= 4 is 5.91 Å². The van der Waals surface area contributed by atoms with Crippen molar-refractivity contribution in [1.29, 1.82) is 0 Å². The summed E-state index contributed by atoms with van der Waals surface area (Å²) >= 11 is 0. The molecular weight excluding hydrogens is 252 g/mol. The average Bonchev–Trinajstić information content (AvgIpc) is 2.94. The van der Waals surface area contributed by atoms with E-state index in [2.05, 4.69) is 22.6 Å². The number of nitrogens with one attached hydrogen (secondary N) is 1. The quantitative estimate of drug-likeness (QED) is 0.822. The van der Waals surface area contributed by atoms with E-state index >= 15 is 0 Å². The van der Waals surface area contributed by atoms with Crippen LogP contribution in [0.4, 0.5) is 0 Å². The van der Waals surface area contributed by atoms with Crippen LogP contribution in [0.25, 0.3) is 5.69 Å². The number of unbranched alkanes of at least 4 members (excludes halogenated alkanes) is 2. The van der Waals surface area contributed by atoms with E-state index in [-0.39, 0.29) is 5.91 Å². The number of carbonyl (C=O) groups excluding carboxylic acids is 1. The smallest absolute Gasteiger partial charge is 0.273 e. The summed E-state index contributed by atoms with van der Waals surface area (Å²) in [6, 6.07) is 7.91. The van der Waals surface area contributed by atoms with Crippen molar-refractivity contribution in [3.63, 3.8) is 0 Å². The van der Waals surface area contributed by atoms with Crippen LogP contribution in [-0.2, 0) is 0 Å². The molecule has 1 N–H and O–H groups in total. The highest BCUT2D eigenvalue weighted by molar-refractivity contribution is 5.91. The highest BCUT2D eigenvalue weighted by atomic mass is 16.2. The van der Waals surface area contributed by atoms with Crippen LogP contribution in [-0.4, -0.2) is 27.4 Å². The van der Waals surface area contributed by atoms with Crippen molar-refractivity contribution < 1.29 is 4.79 Å². The summed E-state index contributed by atoms with van der Waals surface area (Å²) < 4.78 is 1.61. The van der Waals surface area contributed by atoms with E-state index < -0.39 is 0 Å². The van der Waals surface area contributed by atoms with Gasteiger partial charge in [-0.2, -0.15) is 0 Å². The Morgan fingerprint density at radius 3 is 2.70 bits per heavy atom. The van der Waals surface area contributed by atoms with Gasteiger partial charge in [0, 0.05) is 6.54 Å². The normalized spacial score (nSPS) is 10.5. The molecule has 20 heavy (non-hydrogen) atoms. The third-order valence-electron chi connectivity index (χ3n) is 3.09. The van der Waals surface area contributed by atoms with E-state index in [0.29, 0.717) is 12.2 Å². The van der Waals surface area contributed by atoms with Crippen LogP contribution in [0, 0.1) is 6.92 Å². The number of aromatic nitrogens is 3. The van der Waals surface area contributed by atoms with Gasteiger partial charge in [-0.05, 0) is 25.5 Å². The lowest BCUT2D eigenvalue weighted by atomic mass is 10.2. The van der Waals surface area contributed by atoms with Crippen LogP contribution in [0.1, 0.15) is 42.2 Å². The van der Waals surface area contributed by atoms with Crippen LogP contribution in [0.5, 0.6) is 0 Å². The van der Waals surface area contributed by atoms with Gasteiger partial charge < -0.3 is 5.32 Å². The number of benzene rings is 1. The highest BCUT2D eigenvalue weighted by Gasteiger charge is 2.10. The average molecular weight is 272 g/mol. The Labute approximate surface area is 119 Å². The van der Waals surface area contributed by atoms with Crippen molar-refractivity contribution in [2.24, 2.45) is 0 Å². The summed E-state index contributed by atoms with van der Waals surface area (Å²) in [7, 11) is 0. The number of aryl methyl sites for hydroxylation is 1. The standard InChI is InChI=1S/C15H20N4O/c1-3-4-5-10-16-15(20)14-11-19(18-17-14)13-8-6-12(2)7-9-13/h6-9,11H,3-5,10H2,1-2H3,(H,16,20). The van der Waals surface area contributed by atoms with Crippen LogP contribution in [0.15, 0.2) is 30.5 Å². The lowest BCUT2D eigenvalue weighted by molar-refractivity contribution is 0.0948. The first-order chi connectivity index (χ1) is 9.70. The Hall–Kier alpha value is -2.17. The molecule has 0 bridgehead atoms. The Kier molecular flexibility index (Phi) is 4.87. The first-order valence-electron chi connectivity index (χ1n) is 6.98. The molecule has 0 aliphatic carbocycles. The highest BCUT2D eigenvalue weighted by Crippen LogP contribution is 2.08. The van der Waals surface area contributed by atoms with E-state index in [4.69, 9.17) is 0 Å². The van der Waals surface area contributed by atoms with Crippen LogP contribution in [0.3, 0.4) is 0 Å².